The number of nitrogens with zero attached hydrogens (tertiary/aromatic N) is 2. The Hall–Kier alpha value is -2.23. The number of nitrogens with one attached hydrogen (secondary N) is 2. The minimum atomic E-state index is 0.701. The molecular weight excluding hydrogens is 212 g/mol. The van der Waals surface area contributed by atoms with Crippen LogP contribution in [0.15, 0.2) is 30.6 Å². The van der Waals surface area contributed by atoms with Gasteiger partial charge in [-0.25, -0.2) is 4.98 Å². The highest BCUT2D eigenvalue weighted by atomic mass is 14.8. The van der Waals surface area contributed by atoms with Crippen molar-refractivity contribution in [3.05, 3.63) is 41.9 Å². The van der Waals surface area contributed by atoms with Gasteiger partial charge in [-0.3, -0.25) is 4.98 Å². The van der Waals surface area contributed by atoms with E-state index in [1.165, 1.54) is 6.21 Å². The highest BCUT2D eigenvalue weighted by molar-refractivity contribution is 6.07. The van der Waals surface area contributed by atoms with Crippen LogP contribution < -0.4 is 5.32 Å². The highest BCUT2D eigenvalue weighted by Crippen LogP contribution is 2.15. The smallest absolute Gasteiger partial charge is 0.0922 e. The molecule has 17 heavy (non-hydrogen) atoms. The van der Waals surface area contributed by atoms with E-state index in [1.54, 1.807) is 19.4 Å². The minimum absolute atomic E-state index is 0.701. The monoisotopic (exact) mass is 226 g/mol. The van der Waals surface area contributed by atoms with Crippen LogP contribution in [0.3, 0.4) is 0 Å². The quantitative estimate of drug-likeness (QED) is 0.788. The zero-order valence-electron chi connectivity index (χ0n) is 9.86. The summed E-state index contributed by atoms with van der Waals surface area (Å²) in [6, 6.07) is 5.96. The predicted molar refractivity (Wildman–Crippen MR) is 70.1 cm³/mol. The molecule has 0 amide bonds. The van der Waals surface area contributed by atoms with Crippen LogP contribution in [0.5, 0.6) is 0 Å². The fraction of sp³-hybridized carbons (Fsp3) is 0.154. The Morgan fingerprint density at radius 1 is 1.35 bits per heavy atom. The highest BCUT2D eigenvalue weighted by Gasteiger charge is 2.03. The van der Waals surface area contributed by atoms with Gasteiger partial charge < -0.3 is 10.7 Å². The lowest BCUT2D eigenvalue weighted by atomic mass is 10.2. The first-order chi connectivity index (χ1) is 8.24. The summed E-state index contributed by atoms with van der Waals surface area (Å²) in [5.41, 5.74) is 4.29. The summed E-state index contributed by atoms with van der Waals surface area (Å²) in [4.78, 5) is 8.84. The summed E-state index contributed by atoms with van der Waals surface area (Å²) in [5, 5.41) is 10.2. The second-order valence-electron chi connectivity index (χ2n) is 3.78. The summed E-state index contributed by atoms with van der Waals surface area (Å²) in [6.07, 6.45) is 4.69. The van der Waals surface area contributed by atoms with Gasteiger partial charge in [-0.15, -0.1) is 0 Å². The first-order valence-electron chi connectivity index (χ1n) is 5.36. The van der Waals surface area contributed by atoms with E-state index < -0.39 is 0 Å². The largest absolute Gasteiger partial charge is 0.393 e. The van der Waals surface area contributed by atoms with Crippen molar-refractivity contribution < 1.29 is 0 Å². The Balaban J connectivity index is 2.57. The molecule has 2 rings (SSSR count). The molecule has 2 aromatic rings. The van der Waals surface area contributed by atoms with Crippen LogP contribution in [0.1, 0.15) is 11.3 Å². The molecule has 0 saturated carbocycles. The Bertz CT molecular complexity index is 587. The number of hydrogen-bond donors (Lipinski definition) is 2. The maximum absolute atomic E-state index is 7.35. The lowest BCUT2D eigenvalue weighted by Crippen LogP contribution is -2.00. The van der Waals surface area contributed by atoms with E-state index in [4.69, 9.17) is 5.41 Å². The molecule has 0 aliphatic heterocycles. The molecule has 2 N–H and O–H groups in total. The van der Waals surface area contributed by atoms with Crippen molar-refractivity contribution in [1.82, 2.24) is 15.3 Å². The van der Waals surface area contributed by atoms with Gasteiger partial charge in [-0.1, -0.05) is 6.07 Å². The molecule has 1 aromatic carbocycles. The molecule has 0 fully saturated rings. The number of aryl methyl sites for hydroxylation is 1. The van der Waals surface area contributed by atoms with Crippen molar-refractivity contribution in [2.75, 3.05) is 7.05 Å². The molecular formula is C13H14N4. The molecule has 1 aromatic heterocycles. The Morgan fingerprint density at radius 3 is 2.88 bits per heavy atom. The fourth-order valence-corrected chi connectivity index (χ4v) is 1.61. The second-order valence-corrected chi connectivity index (χ2v) is 3.78. The normalized spacial score (nSPS) is 11.5. The molecule has 86 valence electrons. The van der Waals surface area contributed by atoms with E-state index >= 15 is 0 Å². The molecule has 0 aliphatic carbocycles. The van der Waals surface area contributed by atoms with E-state index in [-0.39, 0.29) is 0 Å². The Morgan fingerprint density at radius 2 is 2.18 bits per heavy atom. The molecule has 0 spiro atoms. The van der Waals surface area contributed by atoms with Gasteiger partial charge in [0.15, 0.2) is 0 Å². The summed E-state index contributed by atoms with van der Waals surface area (Å²) < 4.78 is 0. The predicted octanol–water partition coefficient (Wildman–Crippen LogP) is 2.15. The van der Waals surface area contributed by atoms with Crippen molar-refractivity contribution in [2.24, 2.45) is 0 Å². The molecule has 0 radical (unpaired) electrons. The lowest BCUT2D eigenvalue weighted by Gasteiger charge is -2.03. The van der Waals surface area contributed by atoms with E-state index in [1.807, 2.05) is 25.1 Å². The van der Waals surface area contributed by atoms with Gasteiger partial charge >= 0.3 is 0 Å². The summed E-state index contributed by atoms with van der Waals surface area (Å²) in [5.74, 6) is 0. The molecule has 0 atom stereocenters. The van der Waals surface area contributed by atoms with E-state index in [9.17, 15) is 0 Å². The van der Waals surface area contributed by atoms with Crippen molar-refractivity contribution in [2.45, 2.75) is 6.92 Å². The topological polar surface area (TPSA) is 61.7 Å². The van der Waals surface area contributed by atoms with Gasteiger partial charge in [-0.2, -0.15) is 0 Å². The Labute approximate surface area is 99.9 Å². The third-order valence-electron chi connectivity index (χ3n) is 2.45. The summed E-state index contributed by atoms with van der Waals surface area (Å²) in [6.45, 7) is 2.02. The molecule has 4 heteroatoms. The minimum Gasteiger partial charge on any atom is -0.393 e. The van der Waals surface area contributed by atoms with Crippen molar-refractivity contribution in [1.29, 1.82) is 5.41 Å². The average Bonchev–Trinajstić information content (AvgIpc) is 2.35. The number of aromatic nitrogens is 2. The van der Waals surface area contributed by atoms with Crippen LogP contribution in [0, 0.1) is 12.3 Å². The van der Waals surface area contributed by atoms with Crippen LogP contribution in [-0.4, -0.2) is 23.2 Å². The van der Waals surface area contributed by atoms with E-state index in [0.29, 0.717) is 11.3 Å². The lowest BCUT2D eigenvalue weighted by molar-refractivity contribution is 1.10. The average molecular weight is 226 g/mol. The Kier molecular flexibility index (Phi) is 3.14. The van der Waals surface area contributed by atoms with Gasteiger partial charge in [0.25, 0.3) is 0 Å². The van der Waals surface area contributed by atoms with Crippen molar-refractivity contribution in [3.8, 4) is 0 Å². The van der Waals surface area contributed by atoms with Gasteiger partial charge in [0.2, 0.25) is 0 Å². The molecule has 0 aliphatic rings. The summed E-state index contributed by atoms with van der Waals surface area (Å²) >= 11 is 0. The molecule has 1 heterocycles. The first-order valence-corrected chi connectivity index (χ1v) is 5.36. The SMILES string of the molecule is CN/C=C(\C=N)c1cnc2ccc(C)cc2n1. The number of fused-ring (bicyclic) bond motifs is 1. The number of rotatable bonds is 3. The van der Waals surface area contributed by atoms with Crippen LogP contribution in [0.2, 0.25) is 0 Å². The van der Waals surface area contributed by atoms with Crippen molar-refractivity contribution in [3.63, 3.8) is 0 Å². The second kappa shape index (κ2) is 4.74. The van der Waals surface area contributed by atoms with E-state index in [0.717, 1.165) is 16.6 Å². The van der Waals surface area contributed by atoms with Crippen LogP contribution >= 0.6 is 0 Å². The number of hydrogen-bond acceptors (Lipinski definition) is 4. The molecule has 0 bridgehead atoms. The third-order valence-corrected chi connectivity index (χ3v) is 2.45. The maximum atomic E-state index is 7.35. The molecule has 0 unspecified atom stereocenters. The summed E-state index contributed by atoms with van der Waals surface area (Å²) in [7, 11) is 1.79. The molecule has 0 saturated heterocycles. The van der Waals surface area contributed by atoms with E-state index in [2.05, 4.69) is 15.3 Å². The van der Waals surface area contributed by atoms with Gasteiger partial charge in [0, 0.05) is 25.0 Å². The fourth-order valence-electron chi connectivity index (χ4n) is 1.61. The maximum Gasteiger partial charge on any atom is 0.0922 e. The molecule has 4 nitrogen and oxygen atoms in total. The number of benzene rings is 1. The van der Waals surface area contributed by atoms with Crippen LogP contribution in [0.4, 0.5) is 0 Å². The van der Waals surface area contributed by atoms with Gasteiger partial charge in [0.1, 0.15) is 0 Å². The standard InChI is InChI=1S/C13H14N4/c1-9-3-4-11-12(5-9)17-13(8-16-11)10(6-14)7-15-2/h3-8,14-15H,1-2H3/b10-7+,14-6?. The van der Waals surface area contributed by atoms with Crippen LogP contribution in [0.25, 0.3) is 16.6 Å². The van der Waals surface area contributed by atoms with Crippen molar-refractivity contribution >= 4 is 22.8 Å². The zero-order valence-corrected chi connectivity index (χ0v) is 9.86. The zero-order chi connectivity index (χ0) is 12.3. The van der Waals surface area contributed by atoms with Gasteiger partial charge in [-0.05, 0) is 24.6 Å². The number of allylic oxidation sites excluding steroid dienone is 1. The third kappa shape index (κ3) is 2.30. The van der Waals surface area contributed by atoms with Gasteiger partial charge in [0.05, 0.1) is 22.9 Å². The first kappa shape index (κ1) is 11.3. The van der Waals surface area contributed by atoms with Crippen LogP contribution in [-0.2, 0) is 0 Å².